The molecule has 0 aromatic heterocycles. The average Bonchev–Trinajstić information content (AvgIpc) is 0.753. The Bertz CT molecular complexity index is 2220. The van der Waals surface area contributed by atoms with E-state index in [0.29, 0.717) is 12.8 Å². The van der Waals surface area contributed by atoms with Gasteiger partial charge in [0.1, 0.15) is 67.1 Å². The van der Waals surface area contributed by atoms with Gasteiger partial charge in [-0.15, -0.1) is 0 Å². The van der Waals surface area contributed by atoms with Gasteiger partial charge in [-0.25, -0.2) is 4.79 Å². The zero-order valence-corrected chi connectivity index (χ0v) is 66.8. The third-order valence-electron chi connectivity index (χ3n) is 21.9. The van der Waals surface area contributed by atoms with Gasteiger partial charge in [0, 0.05) is 19.8 Å². The number of carbonyl (C=O) groups excluding carboxylic acids is 2. The van der Waals surface area contributed by atoms with Crippen LogP contribution in [0.2, 0.25) is 0 Å². The van der Waals surface area contributed by atoms with E-state index in [4.69, 9.17) is 28.4 Å². The van der Waals surface area contributed by atoms with Gasteiger partial charge in [-0.05, 0) is 44.9 Å². The predicted molar refractivity (Wildman–Crippen MR) is 417 cm³/mol. The van der Waals surface area contributed by atoms with E-state index in [1.807, 2.05) is 6.08 Å². The number of unbranched alkanes of at least 4 members (excludes halogenated alkanes) is 47. The van der Waals surface area contributed by atoms with Gasteiger partial charge in [0.2, 0.25) is 11.8 Å². The van der Waals surface area contributed by atoms with Crippen LogP contribution < -0.4 is 10.6 Å². The Labute approximate surface area is 644 Å². The Morgan fingerprint density at radius 2 is 0.879 bits per heavy atom. The first kappa shape index (κ1) is 98.4. The van der Waals surface area contributed by atoms with E-state index in [0.717, 1.165) is 51.9 Å². The van der Waals surface area contributed by atoms with Crippen LogP contribution in [0.5, 0.6) is 0 Å². The van der Waals surface area contributed by atoms with Gasteiger partial charge in [0.05, 0.1) is 50.7 Å². The van der Waals surface area contributed by atoms with Crippen molar-refractivity contribution in [2.75, 3.05) is 26.4 Å². The SMILES string of the molecule is CCCCCCCCCCCCCC/C=C\CCCCCCCCCCCCCCCCCCC(=O)NC(COC1OC(CO)C(OC2OC(CO)C(O)C(OC3(C(=O)O)CC(O)C(NC(C)=O)C(C(O)C(O)CO)O3)C2O)C(O)C1O)C(O)/C=C/CCCCCCCCCCCCCCCCCCCCC. The lowest BCUT2D eigenvalue weighted by molar-refractivity contribution is -0.386. The summed E-state index contributed by atoms with van der Waals surface area (Å²) in [5.74, 6) is -6.13. The van der Waals surface area contributed by atoms with E-state index in [1.54, 1.807) is 6.08 Å². The van der Waals surface area contributed by atoms with E-state index < -0.39 is 155 Å². The topological polar surface area (TPSA) is 373 Å². The number of ether oxygens (including phenoxy) is 6. The molecule has 0 aromatic carbocycles. The lowest BCUT2D eigenvalue weighted by atomic mass is 9.88. The average molecular weight is 1530 g/mol. The lowest BCUT2D eigenvalue weighted by Crippen LogP contribution is -2.70. The zero-order valence-electron chi connectivity index (χ0n) is 66.8. The molecule has 3 saturated heterocycles. The van der Waals surface area contributed by atoms with Gasteiger partial charge in [0.15, 0.2) is 12.6 Å². The number of hydrogen-bond acceptors (Lipinski definition) is 20. The third kappa shape index (κ3) is 42.2. The molecule has 0 saturated carbocycles. The minimum absolute atomic E-state index is 0.203. The van der Waals surface area contributed by atoms with Crippen molar-refractivity contribution in [1.82, 2.24) is 10.6 Å². The summed E-state index contributed by atoms with van der Waals surface area (Å²) < 4.78 is 35.0. The molecule has 628 valence electrons. The Balaban J connectivity index is 1.47. The quantitative estimate of drug-likeness (QED) is 0.0199. The van der Waals surface area contributed by atoms with Gasteiger partial charge < -0.3 is 100 Å². The summed E-state index contributed by atoms with van der Waals surface area (Å²) >= 11 is 0. The molecule has 14 N–H and O–H groups in total. The van der Waals surface area contributed by atoms with Crippen molar-refractivity contribution in [1.29, 1.82) is 0 Å². The fourth-order valence-corrected chi connectivity index (χ4v) is 15.1. The molecule has 23 heteroatoms. The van der Waals surface area contributed by atoms with Gasteiger partial charge in [-0.1, -0.05) is 314 Å². The van der Waals surface area contributed by atoms with Crippen LogP contribution in [0.15, 0.2) is 24.3 Å². The summed E-state index contributed by atoms with van der Waals surface area (Å²) in [6.07, 6.45) is 42.2. The van der Waals surface area contributed by atoms with E-state index in [1.165, 1.54) is 263 Å². The number of carbonyl (C=O) groups is 3. The molecule has 107 heavy (non-hydrogen) atoms. The summed E-state index contributed by atoms with van der Waals surface area (Å²) in [4.78, 5) is 38.7. The van der Waals surface area contributed by atoms with Crippen LogP contribution in [-0.4, -0.2) is 215 Å². The van der Waals surface area contributed by atoms with Crippen LogP contribution in [0.3, 0.4) is 0 Å². The Morgan fingerprint density at radius 1 is 0.486 bits per heavy atom. The van der Waals surface area contributed by atoms with Crippen molar-refractivity contribution < 1.29 is 104 Å². The number of carboxylic acids is 1. The Morgan fingerprint density at radius 3 is 1.27 bits per heavy atom. The first-order valence-corrected chi connectivity index (χ1v) is 43.2. The number of nitrogens with one attached hydrogen (secondary N) is 2. The normalized spacial score (nSPS) is 26.1. The summed E-state index contributed by atoms with van der Waals surface area (Å²) in [6, 6.07) is -2.62. The van der Waals surface area contributed by atoms with E-state index >= 15 is 0 Å². The zero-order chi connectivity index (χ0) is 78.1. The second kappa shape index (κ2) is 62.6. The van der Waals surface area contributed by atoms with Crippen LogP contribution >= 0.6 is 0 Å². The molecule has 3 aliphatic rings. The highest BCUT2D eigenvalue weighted by atomic mass is 16.8. The highest BCUT2D eigenvalue weighted by Gasteiger charge is 2.60. The molecule has 3 fully saturated rings. The number of allylic oxidation sites excluding steroid dienone is 3. The molecule has 18 unspecified atom stereocenters. The lowest BCUT2D eigenvalue weighted by Gasteiger charge is -2.50. The number of aliphatic hydroxyl groups is 11. The first-order valence-electron chi connectivity index (χ1n) is 43.2. The molecule has 18 atom stereocenters. The van der Waals surface area contributed by atoms with Crippen LogP contribution in [0.1, 0.15) is 355 Å². The smallest absolute Gasteiger partial charge is 0.364 e. The van der Waals surface area contributed by atoms with Crippen molar-refractivity contribution in [3.8, 4) is 0 Å². The molecular formula is C84H156N2O21. The second-order valence-electron chi connectivity index (χ2n) is 31.4. The van der Waals surface area contributed by atoms with E-state index in [2.05, 4.69) is 36.6 Å². The second-order valence-corrected chi connectivity index (χ2v) is 31.4. The molecule has 3 rings (SSSR count). The van der Waals surface area contributed by atoms with Crippen LogP contribution in [0.4, 0.5) is 0 Å². The number of carboxylic acid groups (broad SMARTS) is 1. The number of hydrogen-bond donors (Lipinski definition) is 14. The molecule has 0 bridgehead atoms. The maximum Gasteiger partial charge on any atom is 0.364 e. The molecule has 2 amide bonds. The van der Waals surface area contributed by atoms with Crippen LogP contribution in [0, 0.1) is 0 Å². The summed E-state index contributed by atoms with van der Waals surface area (Å²) in [5.41, 5.74) is 0. The van der Waals surface area contributed by atoms with Crippen molar-refractivity contribution in [2.45, 2.75) is 464 Å². The number of aliphatic hydroxyl groups excluding tert-OH is 11. The molecule has 0 aliphatic carbocycles. The molecule has 23 nitrogen and oxygen atoms in total. The summed E-state index contributed by atoms with van der Waals surface area (Å²) in [7, 11) is 0. The number of amides is 2. The van der Waals surface area contributed by atoms with Crippen molar-refractivity contribution in [3.05, 3.63) is 24.3 Å². The highest BCUT2D eigenvalue weighted by molar-refractivity contribution is 5.77. The fourth-order valence-electron chi connectivity index (χ4n) is 15.1. The van der Waals surface area contributed by atoms with Gasteiger partial charge in [0.25, 0.3) is 5.79 Å². The standard InChI is InChI=1S/C84H156N2O21/c1-4-6-8-10-12-14-16-18-20-22-24-26-27-28-29-30-31-32-33-34-35-36-38-40-42-44-46-48-50-52-54-56-58-71(94)86-65(66(91)57-55-53-51-49-47-45-43-41-39-37-25-23-21-19-17-15-13-11-9-7-5-2)63-102-81-76(98)75(97)78(70(62-89)104-81)105-82-77(99)80(74(96)69(61-88)103-82)107-84(83(100)101)59-67(92)72(85-64(3)90)79(106-84)73(95)68(93)60-87/h28-29,55,57,65-70,72-82,87-89,91-93,95-99H,4-27,30-54,56,58-63H2,1-3H3,(H,85,90)(H,86,94)(H,100,101)/b29-28-,57-55+. The fraction of sp³-hybridized carbons (Fsp3) is 0.917. The Kier molecular flexibility index (Phi) is 57.6. The number of aliphatic carboxylic acids is 1. The van der Waals surface area contributed by atoms with Gasteiger partial charge in [-0.3, -0.25) is 9.59 Å². The monoisotopic (exact) mass is 1530 g/mol. The van der Waals surface area contributed by atoms with E-state index in [9.17, 15) is 75.7 Å². The van der Waals surface area contributed by atoms with Crippen molar-refractivity contribution >= 4 is 17.8 Å². The minimum atomic E-state index is -3.08. The molecule has 0 aromatic rings. The minimum Gasteiger partial charge on any atom is -0.477 e. The summed E-state index contributed by atoms with van der Waals surface area (Å²) in [6.45, 7) is 2.20. The van der Waals surface area contributed by atoms with E-state index in [-0.39, 0.29) is 12.3 Å². The Hall–Kier alpha value is -2.79. The molecule has 3 aliphatic heterocycles. The summed E-state index contributed by atoms with van der Waals surface area (Å²) in [5, 5.41) is 137. The predicted octanol–water partition coefficient (Wildman–Crippen LogP) is 12.7. The van der Waals surface area contributed by atoms with Crippen LogP contribution in [0.25, 0.3) is 0 Å². The molecule has 0 spiro atoms. The largest absolute Gasteiger partial charge is 0.477 e. The van der Waals surface area contributed by atoms with Gasteiger partial charge >= 0.3 is 5.97 Å². The van der Waals surface area contributed by atoms with Crippen LogP contribution in [-0.2, 0) is 42.8 Å². The first-order chi connectivity index (χ1) is 51.9. The molecule has 0 radical (unpaired) electrons. The number of rotatable bonds is 69. The van der Waals surface area contributed by atoms with Gasteiger partial charge in [-0.2, -0.15) is 0 Å². The highest BCUT2D eigenvalue weighted by Crippen LogP contribution is 2.39. The molecule has 3 heterocycles. The maximum absolute atomic E-state index is 13.6. The van der Waals surface area contributed by atoms with Crippen molar-refractivity contribution in [2.24, 2.45) is 0 Å². The molecular weight excluding hydrogens is 1370 g/mol. The third-order valence-corrected chi connectivity index (χ3v) is 21.9. The van der Waals surface area contributed by atoms with Crippen molar-refractivity contribution in [3.63, 3.8) is 0 Å². The maximum atomic E-state index is 13.6.